The second-order valence-electron chi connectivity index (χ2n) is 3.49. The van der Waals surface area contributed by atoms with Crippen LogP contribution in [0, 0.1) is 0 Å². The van der Waals surface area contributed by atoms with Crippen LogP contribution in [0.25, 0.3) is 0 Å². The van der Waals surface area contributed by atoms with Crippen molar-refractivity contribution in [3.05, 3.63) is 12.2 Å². The molecule has 1 saturated heterocycles. The van der Waals surface area contributed by atoms with Crippen LogP contribution in [0.15, 0.2) is 12.2 Å². The van der Waals surface area contributed by atoms with E-state index in [4.69, 9.17) is 14.6 Å². The second kappa shape index (κ2) is 3.56. The number of aliphatic hydroxyl groups is 1. The topological polar surface area (TPSA) is 38.7 Å². The summed E-state index contributed by atoms with van der Waals surface area (Å²) in [5.74, 6) is -0.478. The maximum Gasteiger partial charge on any atom is 0.163 e. The number of ether oxygens (including phenoxy) is 2. The molecule has 0 aromatic rings. The van der Waals surface area contributed by atoms with Gasteiger partial charge >= 0.3 is 0 Å². The molecule has 0 aromatic heterocycles. The molecule has 0 unspecified atom stereocenters. The Balaban J connectivity index is 2.38. The van der Waals surface area contributed by atoms with Crippen molar-refractivity contribution in [3.63, 3.8) is 0 Å². The molecule has 12 heavy (non-hydrogen) atoms. The zero-order chi connectivity index (χ0) is 9.19. The first kappa shape index (κ1) is 9.71. The Bertz CT molecular complexity index is 173. The Labute approximate surface area is 73.0 Å². The molecule has 1 rings (SSSR count). The van der Waals surface area contributed by atoms with Gasteiger partial charge in [-0.2, -0.15) is 0 Å². The Morgan fingerprint density at radius 1 is 1.58 bits per heavy atom. The van der Waals surface area contributed by atoms with Gasteiger partial charge in [-0.25, -0.2) is 0 Å². The van der Waals surface area contributed by atoms with Crippen LogP contribution in [0.3, 0.4) is 0 Å². The van der Waals surface area contributed by atoms with Crippen molar-refractivity contribution >= 4 is 0 Å². The second-order valence-corrected chi connectivity index (χ2v) is 3.49. The summed E-state index contributed by atoms with van der Waals surface area (Å²) in [5, 5.41) is 8.96. The predicted octanol–water partition coefficient (Wildman–Crippen LogP) is 1.07. The zero-order valence-electron chi connectivity index (χ0n) is 7.78. The fourth-order valence-electron chi connectivity index (χ4n) is 1.09. The normalized spacial score (nSPS) is 31.2. The van der Waals surface area contributed by atoms with Crippen LogP contribution in [0.1, 0.15) is 20.8 Å². The molecule has 1 N–H and O–H groups in total. The lowest BCUT2D eigenvalue weighted by molar-refractivity contribution is -0.133. The van der Waals surface area contributed by atoms with Gasteiger partial charge in [0.1, 0.15) is 6.10 Å². The minimum absolute atomic E-state index is 0.0189. The maximum atomic E-state index is 8.96. The molecule has 70 valence electrons. The standard InChI is InChI=1S/C9H16O3/c1-7(10)4-5-8-6-11-9(2,3)12-8/h4-5,7-8,10H,6H2,1-3H3/b5-4+/t7-,8+/m1/s1. The van der Waals surface area contributed by atoms with Crippen LogP contribution in [-0.4, -0.2) is 29.7 Å². The molecule has 3 heteroatoms. The molecule has 1 fully saturated rings. The quantitative estimate of drug-likeness (QED) is 0.633. The third-order valence-corrected chi connectivity index (χ3v) is 1.63. The van der Waals surface area contributed by atoms with Gasteiger partial charge in [-0.15, -0.1) is 0 Å². The van der Waals surface area contributed by atoms with Crippen LogP contribution in [0.5, 0.6) is 0 Å². The lowest BCUT2D eigenvalue weighted by Crippen LogP contribution is -2.20. The molecule has 0 aromatic carbocycles. The van der Waals surface area contributed by atoms with Crippen molar-refractivity contribution in [1.29, 1.82) is 0 Å². The molecule has 0 aliphatic carbocycles. The summed E-state index contributed by atoms with van der Waals surface area (Å²) in [6, 6.07) is 0. The average molecular weight is 172 g/mol. The van der Waals surface area contributed by atoms with Gasteiger partial charge in [0, 0.05) is 0 Å². The van der Waals surface area contributed by atoms with Crippen LogP contribution in [0.2, 0.25) is 0 Å². The van der Waals surface area contributed by atoms with E-state index in [1.54, 1.807) is 13.0 Å². The third kappa shape index (κ3) is 2.93. The fraction of sp³-hybridized carbons (Fsp3) is 0.778. The van der Waals surface area contributed by atoms with E-state index in [1.807, 2.05) is 19.9 Å². The number of rotatable bonds is 2. The highest BCUT2D eigenvalue weighted by atomic mass is 16.7. The van der Waals surface area contributed by atoms with Gasteiger partial charge in [-0.3, -0.25) is 0 Å². The van der Waals surface area contributed by atoms with E-state index >= 15 is 0 Å². The van der Waals surface area contributed by atoms with Crippen molar-refractivity contribution in [1.82, 2.24) is 0 Å². The van der Waals surface area contributed by atoms with E-state index in [-0.39, 0.29) is 6.10 Å². The minimum atomic E-state index is -0.478. The highest BCUT2D eigenvalue weighted by Crippen LogP contribution is 2.22. The zero-order valence-corrected chi connectivity index (χ0v) is 7.78. The van der Waals surface area contributed by atoms with E-state index < -0.39 is 11.9 Å². The summed E-state index contributed by atoms with van der Waals surface area (Å²) in [4.78, 5) is 0. The van der Waals surface area contributed by atoms with Crippen molar-refractivity contribution in [2.45, 2.75) is 38.8 Å². The van der Waals surface area contributed by atoms with Crippen LogP contribution < -0.4 is 0 Å². The van der Waals surface area contributed by atoms with Gasteiger partial charge in [-0.1, -0.05) is 12.2 Å². The predicted molar refractivity (Wildman–Crippen MR) is 45.7 cm³/mol. The Hall–Kier alpha value is -0.380. The van der Waals surface area contributed by atoms with Gasteiger partial charge < -0.3 is 14.6 Å². The third-order valence-electron chi connectivity index (χ3n) is 1.63. The summed E-state index contributed by atoms with van der Waals surface area (Å²) in [6.45, 7) is 6.03. The molecule has 0 saturated carbocycles. The average Bonchev–Trinajstić information content (AvgIpc) is 2.26. The molecule has 0 radical (unpaired) electrons. The minimum Gasteiger partial charge on any atom is -0.389 e. The fourth-order valence-corrected chi connectivity index (χ4v) is 1.09. The summed E-state index contributed by atoms with van der Waals surface area (Å²) < 4.78 is 10.8. The molecular weight excluding hydrogens is 156 g/mol. The van der Waals surface area contributed by atoms with E-state index in [2.05, 4.69) is 0 Å². The molecule has 1 heterocycles. The van der Waals surface area contributed by atoms with Gasteiger partial charge in [-0.05, 0) is 20.8 Å². The molecule has 3 nitrogen and oxygen atoms in total. The lowest BCUT2D eigenvalue weighted by atomic mass is 10.3. The first-order valence-corrected chi connectivity index (χ1v) is 4.18. The number of hydrogen-bond donors (Lipinski definition) is 1. The molecule has 1 aliphatic heterocycles. The van der Waals surface area contributed by atoms with Gasteiger partial charge in [0.05, 0.1) is 12.7 Å². The summed E-state index contributed by atoms with van der Waals surface area (Å²) in [7, 11) is 0. The smallest absolute Gasteiger partial charge is 0.163 e. The highest BCUT2D eigenvalue weighted by molar-refractivity contribution is 4.95. The van der Waals surface area contributed by atoms with E-state index in [9.17, 15) is 0 Å². The number of aliphatic hydroxyl groups excluding tert-OH is 1. The largest absolute Gasteiger partial charge is 0.389 e. The Morgan fingerprint density at radius 3 is 2.67 bits per heavy atom. The van der Waals surface area contributed by atoms with E-state index in [0.29, 0.717) is 6.61 Å². The first-order valence-electron chi connectivity index (χ1n) is 4.18. The maximum absolute atomic E-state index is 8.96. The van der Waals surface area contributed by atoms with Crippen LogP contribution in [-0.2, 0) is 9.47 Å². The van der Waals surface area contributed by atoms with Gasteiger partial charge in [0.2, 0.25) is 0 Å². The monoisotopic (exact) mass is 172 g/mol. The molecule has 0 bridgehead atoms. The SMILES string of the molecule is C[C@@H](O)/C=C/[C@H]1COC(C)(C)O1. The van der Waals surface area contributed by atoms with Crippen molar-refractivity contribution in [3.8, 4) is 0 Å². The Morgan fingerprint density at radius 2 is 2.25 bits per heavy atom. The summed E-state index contributed by atoms with van der Waals surface area (Å²) >= 11 is 0. The summed E-state index contributed by atoms with van der Waals surface area (Å²) in [5.41, 5.74) is 0. The highest BCUT2D eigenvalue weighted by Gasteiger charge is 2.30. The Kier molecular flexibility index (Phi) is 2.88. The van der Waals surface area contributed by atoms with Gasteiger partial charge in [0.25, 0.3) is 0 Å². The number of hydrogen-bond acceptors (Lipinski definition) is 3. The van der Waals surface area contributed by atoms with Gasteiger partial charge in [0.15, 0.2) is 5.79 Å². The van der Waals surface area contributed by atoms with Crippen molar-refractivity contribution in [2.24, 2.45) is 0 Å². The van der Waals surface area contributed by atoms with Crippen LogP contribution in [0.4, 0.5) is 0 Å². The van der Waals surface area contributed by atoms with Crippen LogP contribution >= 0.6 is 0 Å². The molecule has 1 aliphatic rings. The van der Waals surface area contributed by atoms with Crippen molar-refractivity contribution < 1.29 is 14.6 Å². The molecule has 2 atom stereocenters. The van der Waals surface area contributed by atoms with Crippen molar-refractivity contribution in [2.75, 3.05) is 6.61 Å². The first-order chi connectivity index (χ1) is 5.49. The lowest BCUT2D eigenvalue weighted by Gasteiger charge is -2.15. The van der Waals surface area contributed by atoms with E-state index in [0.717, 1.165) is 0 Å². The van der Waals surface area contributed by atoms with E-state index in [1.165, 1.54) is 0 Å². The molecule has 0 spiro atoms. The molecular formula is C9H16O3. The summed E-state index contributed by atoms with van der Waals surface area (Å²) in [6.07, 6.45) is 3.10. The molecule has 0 amide bonds.